The molecule has 7 atom stereocenters. The van der Waals surface area contributed by atoms with Crippen LogP contribution in [0.15, 0.2) is 18.2 Å². The third kappa shape index (κ3) is 6.96. The van der Waals surface area contributed by atoms with Crippen LogP contribution in [-0.2, 0) is 25.5 Å². The Balaban J connectivity index is 1.43. The summed E-state index contributed by atoms with van der Waals surface area (Å²) < 4.78 is 50.4. The summed E-state index contributed by atoms with van der Waals surface area (Å²) >= 11 is 0. The smallest absolute Gasteiger partial charge is 0.460 e. The lowest BCUT2D eigenvalue weighted by atomic mass is 9.55. The molecule has 3 aliphatic rings. The van der Waals surface area contributed by atoms with E-state index in [-0.39, 0.29) is 29.6 Å². The van der Waals surface area contributed by atoms with Crippen LogP contribution in [0.1, 0.15) is 104 Å². The van der Waals surface area contributed by atoms with Gasteiger partial charge in [0, 0.05) is 5.41 Å². The standard InChI is InChI=1S/C33H46F3NO5/c1-18(2)15-20(5)29(38)41-22-8-10-23-21(17-22)7-9-25-24(23)13-14-32(6)26(25)11-12-28(32)42-30(39)27(16-19(3)4)37-31(40)33(34,35)36/h8,10,17-20,24-28H,7,9,11-16H2,1-6H3,(H,37,40)/t20-,24?,25?,26?,27+,28-,32-/m0/s1. The first-order valence-corrected chi connectivity index (χ1v) is 15.5. The van der Waals surface area contributed by atoms with Crippen LogP contribution in [0.4, 0.5) is 13.2 Å². The Hall–Kier alpha value is -2.58. The van der Waals surface area contributed by atoms with Crippen molar-refractivity contribution >= 4 is 17.8 Å². The van der Waals surface area contributed by atoms with E-state index in [0.29, 0.717) is 35.8 Å². The number of aryl methyl sites for hydroxylation is 1. The van der Waals surface area contributed by atoms with Gasteiger partial charge in [0.25, 0.3) is 0 Å². The number of carbonyl (C=O) groups excluding carboxylic acids is 3. The normalized spacial score (nSPS) is 28.4. The van der Waals surface area contributed by atoms with Gasteiger partial charge in [0.15, 0.2) is 0 Å². The molecule has 6 nitrogen and oxygen atoms in total. The van der Waals surface area contributed by atoms with E-state index in [4.69, 9.17) is 9.47 Å². The van der Waals surface area contributed by atoms with Crippen LogP contribution < -0.4 is 10.1 Å². The Morgan fingerprint density at radius 3 is 2.31 bits per heavy atom. The maximum Gasteiger partial charge on any atom is 0.471 e. The second kappa shape index (κ2) is 12.6. The van der Waals surface area contributed by atoms with E-state index in [1.807, 2.05) is 24.4 Å². The average molecular weight is 594 g/mol. The van der Waals surface area contributed by atoms with Gasteiger partial charge in [-0.3, -0.25) is 9.59 Å². The number of benzene rings is 1. The molecule has 0 aliphatic heterocycles. The Morgan fingerprint density at radius 1 is 0.976 bits per heavy atom. The van der Waals surface area contributed by atoms with Crippen LogP contribution >= 0.6 is 0 Å². The molecule has 9 heteroatoms. The van der Waals surface area contributed by atoms with E-state index in [1.54, 1.807) is 13.8 Å². The lowest BCUT2D eigenvalue weighted by molar-refractivity contribution is -0.177. The summed E-state index contributed by atoms with van der Waals surface area (Å²) in [6, 6.07) is 4.69. The van der Waals surface area contributed by atoms with Crippen molar-refractivity contribution in [2.24, 2.45) is 35.0 Å². The van der Waals surface area contributed by atoms with Gasteiger partial charge in [0.2, 0.25) is 0 Å². The number of ether oxygens (including phenoxy) is 2. The zero-order valence-corrected chi connectivity index (χ0v) is 25.7. The number of amides is 1. The van der Waals surface area contributed by atoms with Gasteiger partial charge < -0.3 is 14.8 Å². The molecule has 4 rings (SSSR count). The largest absolute Gasteiger partial charge is 0.471 e. The van der Waals surface area contributed by atoms with E-state index in [0.717, 1.165) is 38.5 Å². The van der Waals surface area contributed by atoms with E-state index >= 15 is 0 Å². The first kappa shape index (κ1) is 32.3. The fourth-order valence-electron chi connectivity index (χ4n) is 7.94. The van der Waals surface area contributed by atoms with Crippen molar-refractivity contribution in [3.63, 3.8) is 0 Å². The molecule has 3 unspecified atom stereocenters. The summed E-state index contributed by atoms with van der Waals surface area (Å²) in [5, 5.41) is 1.86. The van der Waals surface area contributed by atoms with Gasteiger partial charge in [-0.05, 0) is 104 Å². The molecule has 1 aromatic rings. The summed E-state index contributed by atoms with van der Waals surface area (Å²) in [5.74, 6) is -1.26. The van der Waals surface area contributed by atoms with Crippen molar-refractivity contribution in [1.29, 1.82) is 0 Å². The number of rotatable bonds is 9. The minimum Gasteiger partial charge on any atom is -0.460 e. The molecule has 1 N–H and O–H groups in total. The summed E-state index contributed by atoms with van der Waals surface area (Å²) in [6.45, 7) is 11.8. The second-order valence-corrected chi connectivity index (χ2v) is 13.9. The monoisotopic (exact) mass is 593 g/mol. The first-order valence-electron chi connectivity index (χ1n) is 15.5. The van der Waals surface area contributed by atoms with Crippen LogP contribution in [0.3, 0.4) is 0 Å². The highest BCUT2D eigenvalue weighted by Crippen LogP contribution is 2.61. The highest BCUT2D eigenvalue weighted by atomic mass is 19.4. The number of fused-ring (bicyclic) bond motifs is 5. The molecule has 0 aromatic heterocycles. The van der Waals surface area contributed by atoms with Gasteiger partial charge in [-0.1, -0.05) is 47.6 Å². The fraction of sp³-hybridized carbons (Fsp3) is 0.727. The van der Waals surface area contributed by atoms with Crippen LogP contribution in [0.5, 0.6) is 5.75 Å². The van der Waals surface area contributed by atoms with Crippen molar-refractivity contribution < 1.29 is 37.0 Å². The predicted molar refractivity (Wildman–Crippen MR) is 153 cm³/mol. The minimum atomic E-state index is -5.07. The van der Waals surface area contributed by atoms with Gasteiger partial charge in [0.05, 0.1) is 5.92 Å². The molecule has 0 heterocycles. The van der Waals surface area contributed by atoms with Gasteiger partial charge in [0.1, 0.15) is 17.9 Å². The van der Waals surface area contributed by atoms with Crippen molar-refractivity contribution in [3.05, 3.63) is 29.3 Å². The third-order valence-electron chi connectivity index (χ3n) is 9.87. The molecular weight excluding hydrogens is 547 g/mol. The minimum absolute atomic E-state index is 0.0724. The van der Waals surface area contributed by atoms with Crippen LogP contribution in [0.2, 0.25) is 0 Å². The van der Waals surface area contributed by atoms with Crippen molar-refractivity contribution in [1.82, 2.24) is 5.32 Å². The highest BCUT2D eigenvalue weighted by molar-refractivity contribution is 5.87. The Labute approximate surface area is 247 Å². The second-order valence-electron chi connectivity index (χ2n) is 13.9. The molecular formula is C33H46F3NO5. The summed E-state index contributed by atoms with van der Waals surface area (Å²) in [6.07, 6.45) is 0.554. The Kier molecular flexibility index (Phi) is 9.68. The lowest BCUT2D eigenvalue weighted by Gasteiger charge is -2.50. The molecule has 234 valence electrons. The number of hydrogen-bond acceptors (Lipinski definition) is 5. The van der Waals surface area contributed by atoms with Gasteiger partial charge in [-0.15, -0.1) is 0 Å². The average Bonchev–Trinajstić information content (AvgIpc) is 3.22. The quantitative estimate of drug-likeness (QED) is 0.243. The van der Waals surface area contributed by atoms with E-state index < -0.39 is 30.2 Å². The zero-order chi connectivity index (χ0) is 31.0. The number of nitrogens with one attached hydrogen (secondary N) is 1. The van der Waals surface area contributed by atoms with E-state index in [9.17, 15) is 27.6 Å². The first-order chi connectivity index (χ1) is 19.6. The van der Waals surface area contributed by atoms with Gasteiger partial charge >= 0.3 is 24.0 Å². The Bertz CT molecular complexity index is 1160. The third-order valence-corrected chi connectivity index (χ3v) is 9.87. The number of halogens is 3. The summed E-state index contributed by atoms with van der Waals surface area (Å²) in [4.78, 5) is 37.3. The van der Waals surface area contributed by atoms with Gasteiger partial charge in [-0.25, -0.2) is 4.79 Å². The lowest BCUT2D eigenvalue weighted by Crippen LogP contribution is -2.50. The maximum absolute atomic E-state index is 13.1. The molecule has 0 bridgehead atoms. The molecule has 2 saturated carbocycles. The molecule has 0 radical (unpaired) electrons. The fourth-order valence-corrected chi connectivity index (χ4v) is 7.94. The predicted octanol–water partition coefficient (Wildman–Crippen LogP) is 7.14. The van der Waals surface area contributed by atoms with Gasteiger partial charge in [-0.2, -0.15) is 13.2 Å². The molecule has 42 heavy (non-hydrogen) atoms. The number of hydrogen-bond donors (Lipinski definition) is 1. The summed E-state index contributed by atoms with van der Waals surface area (Å²) in [5.41, 5.74) is 2.25. The van der Waals surface area contributed by atoms with Crippen molar-refractivity contribution in [2.75, 3.05) is 0 Å². The number of carbonyl (C=O) groups is 3. The van der Waals surface area contributed by atoms with Crippen LogP contribution in [0.25, 0.3) is 0 Å². The molecule has 3 aliphatic carbocycles. The van der Waals surface area contributed by atoms with E-state index in [2.05, 4.69) is 26.8 Å². The molecule has 1 aromatic carbocycles. The number of esters is 2. The molecule has 1 amide bonds. The number of alkyl halides is 3. The van der Waals surface area contributed by atoms with Crippen molar-refractivity contribution in [3.8, 4) is 5.75 Å². The SMILES string of the molecule is CC(C)C[C@H](C)C(=O)Oc1ccc2c(c1)CCC1C2CC[C@@]2(C)C1CC[C@@H]2OC(=O)[C@@H](CC(C)C)NC(=O)C(F)(F)F. The maximum atomic E-state index is 13.1. The molecule has 0 saturated heterocycles. The van der Waals surface area contributed by atoms with Crippen molar-refractivity contribution in [2.45, 2.75) is 117 Å². The molecule has 2 fully saturated rings. The van der Waals surface area contributed by atoms with Crippen LogP contribution in [0, 0.1) is 35.0 Å². The zero-order valence-electron chi connectivity index (χ0n) is 25.7. The van der Waals surface area contributed by atoms with Crippen LogP contribution in [-0.4, -0.2) is 36.2 Å². The highest BCUT2D eigenvalue weighted by Gasteiger charge is 2.56. The summed E-state index contributed by atoms with van der Waals surface area (Å²) in [7, 11) is 0. The molecule has 0 spiro atoms. The Morgan fingerprint density at radius 2 is 1.67 bits per heavy atom. The van der Waals surface area contributed by atoms with E-state index in [1.165, 1.54) is 11.1 Å². The topological polar surface area (TPSA) is 81.7 Å².